The molecule has 0 fully saturated rings. The Morgan fingerprint density at radius 3 is 2.53 bits per heavy atom. The number of rotatable bonds is 6. The van der Waals surface area contributed by atoms with Crippen molar-refractivity contribution in [2.24, 2.45) is 0 Å². The predicted octanol–water partition coefficient (Wildman–Crippen LogP) is 1.18. The highest BCUT2D eigenvalue weighted by Gasteiger charge is 2.10. The Labute approximate surface area is 110 Å². The van der Waals surface area contributed by atoms with Gasteiger partial charge in [-0.3, -0.25) is 0 Å². The van der Waals surface area contributed by atoms with Crippen LogP contribution in [0.5, 0.6) is 11.9 Å². The topological polar surface area (TPSA) is 88.7 Å². The van der Waals surface area contributed by atoms with Crippen molar-refractivity contribution < 1.29 is 18.9 Å². The number of methoxy groups -OCH3 is 2. The molecule has 2 aromatic rings. The Bertz CT molecular complexity index is 562. The molecule has 0 spiro atoms. The van der Waals surface area contributed by atoms with E-state index in [1.165, 1.54) is 14.2 Å². The van der Waals surface area contributed by atoms with Crippen LogP contribution in [0.25, 0.3) is 10.9 Å². The van der Waals surface area contributed by atoms with Crippen molar-refractivity contribution in [3.63, 3.8) is 0 Å². The molecule has 0 bridgehead atoms. The van der Waals surface area contributed by atoms with E-state index in [1.807, 2.05) is 0 Å². The Balaban J connectivity index is 2.42. The molecule has 0 saturated heterocycles. The van der Waals surface area contributed by atoms with E-state index in [1.54, 1.807) is 18.2 Å². The van der Waals surface area contributed by atoms with Crippen LogP contribution in [-0.2, 0) is 9.47 Å². The second-order valence-electron chi connectivity index (χ2n) is 3.69. The van der Waals surface area contributed by atoms with Crippen molar-refractivity contribution in [3.8, 4) is 11.9 Å². The first-order valence-corrected chi connectivity index (χ1v) is 5.55. The quantitative estimate of drug-likeness (QED) is 0.619. The van der Waals surface area contributed by atoms with E-state index in [0.717, 1.165) is 5.39 Å². The molecule has 0 unspecified atom stereocenters. The van der Waals surface area contributed by atoms with Crippen molar-refractivity contribution in [3.05, 3.63) is 18.2 Å². The molecule has 0 aliphatic heterocycles. The molecule has 0 saturated carbocycles. The van der Waals surface area contributed by atoms with Crippen LogP contribution in [0.3, 0.4) is 0 Å². The number of aromatic nitrogens is 2. The molecule has 19 heavy (non-hydrogen) atoms. The molecule has 1 aromatic heterocycles. The van der Waals surface area contributed by atoms with E-state index < -0.39 is 0 Å². The van der Waals surface area contributed by atoms with E-state index in [9.17, 15) is 0 Å². The van der Waals surface area contributed by atoms with E-state index in [0.29, 0.717) is 17.1 Å². The molecule has 0 aliphatic rings. The van der Waals surface area contributed by atoms with Gasteiger partial charge in [0.2, 0.25) is 5.88 Å². The number of benzene rings is 1. The van der Waals surface area contributed by atoms with Gasteiger partial charge in [0, 0.05) is 19.9 Å². The predicted molar refractivity (Wildman–Crippen MR) is 69.0 cm³/mol. The minimum atomic E-state index is 0.0531. The lowest BCUT2D eigenvalue weighted by Crippen LogP contribution is -2.06. The fourth-order valence-electron chi connectivity index (χ4n) is 1.50. The van der Waals surface area contributed by atoms with Gasteiger partial charge >= 0.3 is 6.01 Å². The zero-order valence-corrected chi connectivity index (χ0v) is 10.8. The second kappa shape index (κ2) is 6.17. The summed E-state index contributed by atoms with van der Waals surface area (Å²) in [5.41, 5.74) is 6.96. The summed E-state index contributed by atoms with van der Waals surface area (Å²) in [5.74, 6) is 0.373. The summed E-state index contributed by atoms with van der Waals surface area (Å²) in [6.07, 6.45) is 0. The third kappa shape index (κ3) is 3.21. The Hall–Kier alpha value is -2.12. The van der Waals surface area contributed by atoms with Gasteiger partial charge in [-0.2, -0.15) is 9.97 Å². The molecular weight excluding hydrogens is 250 g/mol. The van der Waals surface area contributed by atoms with Crippen molar-refractivity contribution >= 4 is 16.6 Å². The summed E-state index contributed by atoms with van der Waals surface area (Å²) >= 11 is 0. The Kier molecular flexibility index (Phi) is 4.32. The first kappa shape index (κ1) is 13.3. The first-order chi connectivity index (χ1) is 9.24. The largest absolute Gasteiger partial charge is 0.450 e. The third-order valence-corrected chi connectivity index (χ3v) is 2.28. The molecule has 1 heterocycles. The van der Waals surface area contributed by atoms with Crippen molar-refractivity contribution in [2.45, 2.75) is 0 Å². The number of ether oxygens (including phenoxy) is 4. The lowest BCUT2D eigenvalue weighted by atomic mass is 10.2. The molecule has 2 N–H and O–H groups in total. The van der Waals surface area contributed by atoms with Crippen LogP contribution in [0.15, 0.2) is 18.2 Å². The van der Waals surface area contributed by atoms with Gasteiger partial charge in [0.05, 0.1) is 10.9 Å². The molecule has 0 radical (unpaired) electrons. The maximum atomic E-state index is 5.73. The average Bonchev–Trinajstić information content (AvgIpc) is 2.42. The monoisotopic (exact) mass is 265 g/mol. The molecule has 0 aliphatic carbocycles. The number of nitrogen functional groups attached to an aromatic ring is 1. The number of hydrogen-bond acceptors (Lipinski definition) is 7. The van der Waals surface area contributed by atoms with Gasteiger partial charge < -0.3 is 24.7 Å². The Morgan fingerprint density at radius 2 is 1.79 bits per heavy atom. The fraction of sp³-hybridized carbons (Fsp3) is 0.333. The number of fused-ring (bicyclic) bond motifs is 1. The summed E-state index contributed by atoms with van der Waals surface area (Å²) in [6, 6.07) is 5.42. The van der Waals surface area contributed by atoms with Gasteiger partial charge in [0.25, 0.3) is 0 Å². The summed E-state index contributed by atoms with van der Waals surface area (Å²) in [7, 11) is 3.05. The van der Waals surface area contributed by atoms with E-state index >= 15 is 0 Å². The molecule has 102 valence electrons. The Morgan fingerprint density at radius 1 is 1.05 bits per heavy atom. The van der Waals surface area contributed by atoms with E-state index in [2.05, 4.69) is 9.97 Å². The van der Waals surface area contributed by atoms with Crippen LogP contribution in [0.4, 0.5) is 5.69 Å². The highest BCUT2D eigenvalue weighted by atomic mass is 16.7. The van der Waals surface area contributed by atoms with Gasteiger partial charge in [-0.1, -0.05) is 0 Å². The number of anilines is 1. The SMILES string of the molecule is COCOc1nc(OCOC)c2ccc(N)cc2n1. The van der Waals surface area contributed by atoms with Crippen molar-refractivity contribution in [1.29, 1.82) is 0 Å². The van der Waals surface area contributed by atoms with Gasteiger partial charge in [-0.15, -0.1) is 0 Å². The van der Waals surface area contributed by atoms with Crippen LogP contribution in [0.2, 0.25) is 0 Å². The number of hydrogen-bond donors (Lipinski definition) is 1. The van der Waals surface area contributed by atoms with Crippen LogP contribution in [0, 0.1) is 0 Å². The van der Waals surface area contributed by atoms with E-state index in [-0.39, 0.29) is 19.6 Å². The van der Waals surface area contributed by atoms with Crippen LogP contribution in [-0.4, -0.2) is 37.8 Å². The number of nitrogens with two attached hydrogens (primary N) is 1. The molecular formula is C12H15N3O4. The normalized spacial score (nSPS) is 10.6. The third-order valence-electron chi connectivity index (χ3n) is 2.28. The van der Waals surface area contributed by atoms with Gasteiger partial charge in [-0.05, 0) is 18.2 Å². The zero-order valence-electron chi connectivity index (χ0n) is 10.8. The second-order valence-corrected chi connectivity index (χ2v) is 3.69. The summed E-state index contributed by atoms with van der Waals surface area (Å²) in [5, 5.41) is 0.732. The molecule has 1 aromatic carbocycles. The van der Waals surface area contributed by atoms with Crippen LogP contribution in [0.1, 0.15) is 0 Å². The average molecular weight is 265 g/mol. The molecule has 7 heteroatoms. The van der Waals surface area contributed by atoms with Crippen LogP contribution < -0.4 is 15.2 Å². The zero-order chi connectivity index (χ0) is 13.7. The summed E-state index contributed by atoms with van der Waals surface area (Å²) in [6.45, 7) is 0.137. The lowest BCUT2D eigenvalue weighted by molar-refractivity contribution is 0.0379. The molecule has 2 rings (SSSR count). The summed E-state index contributed by atoms with van der Waals surface area (Å²) < 4.78 is 20.3. The standard InChI is InChI=1S/C12H15N3O4/c1-16-6-18-11-9-4-3-8(13)5-10(9)14-12(15-11)19-7-17-2/h3-5H,6-7,13H2,1-2H3. The van der Waals surface area contributed by atoms with E-state index in [4.69, 9.17) is 24.7 Å². The maximum Gasteiger partial charge on any atom is 0.322 e. The number of nitrogens with zero attached hydrogens (tertiary/aromatic N) is 2. The van der Waals surface area contributed by atoms with Gasteiger partial charge in [-0.25, -0.2) is 0 Å². The van der Waals surface area contributed by atoms with Gasteiger partial charge in [0.1, 0.15) is 0 Å². The fourth-order valence-corrected chi connectivity index (χ4v) is 1.50. The summed E-state index contributed by atoms with van der Waals surface area (Å²) in [4.78, 5) is 8.38. The first-order valence-electron chi connectivity index (χ1n) is 5.55. The molecule has 0 amide bonds. The minimum Gasteiger partial charge on any atom is -0.450 e. The maximum absolute atomic E-state index is 5.73. The highest BCUT2D eigenvalue weighted by Crippen LogP contribution is 2.26. The molecule has 7 nitrogen and oxygen atoms in total. The van der Waals surface area contributed by atoms with Gasteiger partial charge in [0.15, 0.2) is 13.6 Å². The molecule has 0 atom stereocenters. The highest BCUT2D eigenvalue weighted by molar-refractivity contribution is 5.86. The van der Waals surface area contributed by atoms with Crippen LogP contribution >= 0.6 is 0 Å². The smallest absolute Gasteiger partial charge is 0.322 e. The van der Waals surface area contributed by atoms with Crippen molar-refractivity contribution in [2.75, 3.05) is 33.5 Å². The lowest BCUT2D eigenvalue weighted by Gasteiger charge is -2.10. The minimum absolute atomic E-state index is 0.0531. The van der Waals surface area contributed by atoms with Crippen molar-refractivity contribution in [1.82, 2.24) is 9.97 Å².